The Labute approximate surface area is 203 Å². The molecular weight excluding hydrogens is 456 g/mol. The van der Waals surface area contributed by atoms with Crippen LogP contribution in [-0.2, 0) is 13.0 Å². The molecule has 0 radical (unpaired) electrons. The number of hydrogen-bond donors (Lipinski definition) is 1. The Kier molecular flexibility index (Phi) is 8.11. The van der Waals surface area contributed by atoms with Gasteiger partial charge in [0.2, 0.25) is 5.82 Å². The summed E-state index contributed by atoms with van der Waals surface area (Å²) in [5.74, 6) is -3.24. The first kappa shape index (κ1) is 25.2. The molecule has 1 aliphatic rings. The van der Waals surface area contributed by atoms with Crippen molar-refractivity contribution in [2.75, 3.05) is 6.61 Å². The maximum atomic E-state index is 14.8. The fourth-order valence-corrected chi connectivity index (χ4v) is 5.05. The number of aliphatic hydroxyl groups excluding tert-OH is 1. The van der Waals surface area contributed by atoms with Gasteiger partial charge in [0.1, 0.15) is 0 Å². The maximum Gasteiger partial charge on any atom is 0.200 e. The highest BCUT2D eigenvalue weighted by atomic mass is 19.2. The first-order valence-corrected chi connectivity index (χ1v) is 12.2. The van der Waals surface area contributed by atoms with Crippen molar-refractivity contribution in [3.8, 4) is 16.9 Å². The summed E-state index contributed by atoms with van der Waals surface area (Å²) in [7, 11) is 0. The molecule has 0 bridgehead atoms. The Balaban J connectivity index is 1.36. The van der Waals surface area contributed by atoms with Gasteiger partial charge < -0.3 is 9.84 Å². The van der Waals surface area contributed by atoms with E-state index in [1.165, 1.54) is 6.07 Å². The topological polar surface area (TPSA) is 29.5 Å². The standard InChI is InChI=1S/C29H30F4O2/c1-2-35-25-16-15-24(28(32)29(25)33)20-8-3-18(4-9-20)5-12-22-13-14-23(27(31)26(22)30)21-10-6-19(17-34)7-11-21/h6-7,10-11,13-16,18,20,34H,2-5,8-9,12,17H2,1H3. The van der Waals surface area contributed by atoms with Gasteiger partial charge in [-0.05, 0) is 85.6 Å². The van der Waals surface area contributed by atoms with Gasteiger partial charge in [0.15, 0.2) is 23.2 Å². The number of rotatable bonds is 8. The SMILES string of the molecule is CCOc1ccc(C2CCC(CCc3ccc(-c4ccc(CO)cc4)c(F)c3F)CC2)c(F)c1F. The van der Waals surface area contributed by atoms with Gasteiger partial charge in [-0.1, -0.05) is 42.5 Å². The first-order chi connectivity index (χ1) is 16.9. The van der Waals surface area contributed by atoms with Crippen LogP contribution in [0, 0.1) is 29.2 Å². The number of halogens is 4. The second-order valence-electron chi connectivity index (χ2n) is 9.23. The minimum atomic E-state index is -0.934. The van der Waals surface area contributed by atoms with Crippen LogP contribution in [0.1, 0.15) is 61.6 Å². The molecule has 35 heavy (non-hydrogen) atoms. The zero-order chi connectivity index (χ0) is 24.9. The van der Waals surface area contributed by atoms with Crippen LogP contribution < -0.4 is 4.74 Å². The van der Waals surface area contributed by atoms with Crippen LogP contribution in [0.5, 0.6) is 5.75 Å². The van der Waals surface area contributed by atoms with Gasteiger partial charge in [0, 0.05) is 5.56 Å². The fraction of sp³-hybridized carbons (Fsp3) is 0.379. The average molecular weight is 487 g/mol. The highest BCUT2D eigenvalue weighted by Gasteiger charge is 2.27. The van der Waals surface area contributed by atoms with E-state index < -0.39 is 23.3 Å². The monoisotopic (exact) mass is 486 g/mol. The van der Waals surface area contributed by atoms with E-state index in [9.17, 15) is 17.6 Å². The molecular formula is C29H30F4O2. The second-order valence-corrected chi connectivity index (χ2v) is 9.23. The molecule has 0 atom stereocenters. The van der Waals surface area contributed by atoms with Gasteiger partial charge in [0.05, 0.1) is 13.2 Å². The molecule has 3 aromatic carbocycles. The highest BCUT2D eigenvalue weighted by Crippen LogP contribution is 2.40. The van der Waals surface area contributed by atoms with E-state index in [2.05, 4.69) is 0 Å². The normalized spacial score (nSPS) is 18.0. The van der Waals surface area contributed by atoms with Crippen molar-refractivity contribution >= 4 is 0 Å². The molecule has 1 aliphatic carbocycles. The third kappa shape index (κ3) is 5.53. The first-order valence-electron chi connectivity index (χ1n) is 12.2. The van der Waals surface area contributed by atoms with Gasteiger partial charge in [-0.15, -0.1) is 0 Å². The number of aliphatic hydroxyl groups is 1. The Morgan fingerprint density at radius 1 is 0.800 bits per heavy atom. The summed E-state index contributed by atoms with van der Waals surface area (Å²) >= 11 is 0. The van der Waals surface area contributed by atoms with Crippen molar-refractivity contribution in [1.29, 1.82) is 0 Å². The van der Waals surface area contributed by atoms with E-state index in [-0.39, 0.29) is 30.4 Å². The van der Waals surface area contributed by atoms with E-state index in [0.29, 0.717) is 41.0 Å². The second kappa shape index (κ2) is 11.3. The molecule has 4 rings (SSSR count). The van der Waals surface area contributed by atoms with Gasteiger partial charge in [-0.25, -0.2) is 13.2 Å². The molecule has 0 saturated heterocycles. The van der Waals surface area contributed by atoms with E-state index >= 15 is 0 Å². The summed E-state index contributed by atoms with van der Waals surface area (Å²) < 4.78 is 63.5. The number of hydrogen-bond acceptors (Lipinski definition) is 2. The van der Waals surface area contributed by atoms with Gasteiger partial charge >= 0.3 is 0 Å². The van der Waals surface area contributed by atoms with E-state index in [1.807, 2.05) is 0 Å². The van der Waals surface area contributed by atoms with Crippen LogP contribution in [0.3, 0.4) is 0 Å². The third-order valence-electron chi connectivity index (χ3n) is 7.09. The Morgan fingerprint density at radius 3 is 2.17 bits per heavy atom. The van der Waals surface area contributed by atoms with Crippen LogP contribution in [0.2, 0.25) is 0 Å². The lowest BCUT2D eigenvalue weighted by Crippen LogP contribution is -2.16. The van der Waals surface area contributed by atoms with Crippen LogP contribution in [-0.4, -0.2) is 11.7 Å². The van der Waals surface area contributed by atoms with Crippen molar-refractivity contribution in [3.05, 3.63) is 88.5 Å². The zero-order valence-corrected chi connectivity index (χ0v) is 19.8. The van der Waals surface area contributed by atoms with Gasteiger partial charge in [-0.3, -0.25) is 0 Å². The molecule has 6 heteroatoms. The van der Waals surface area contributed by atoms with Crippen molar-refractivity contribution in [3.63, 3.8) is 0 Å². The number of ether oxygens (including phenoxy) is 1. The van der Waals surface area contributed by atoms with Gasteiger partial charge in [-0.2, -0.15) is 4.39 Å². The Morgan fingerprint density at radius 2 is 1.51 bits per heavy atom. The molecule has 0 heterocycles. The maximum absolute atomic E-state index is 14.8. The summed E-state index contributed by atoms with van der Waals surface area (Å²) in [6.45, 7) is 1.88. The molecule has 186 valence electrons. The van der Waals surface area contributed by atoms with Gasteiger partial charge in [0.25, 0.3) is 0 Å². The van der Waals surface area contributed by atoms with Crippen molar-refractivity contribution < 1.29 is 27.4 Å². The molecule has 0 aliphatic heterocycles. The predicted octanol–water partition coefficient (Wildman–Crippen LogP) is 7.71. The molecule has 0 spiro atoms. The molecule has 1 saturated carbocycles. The lowest BCUT2D eigenvalue weighted by molar-refractivity contribution is 0.282. The minimum Gasteiger partial charge on any atom is -0.491 e. The summed E-state index contributed by atoms with van der Waals surface area (Å²) in [5, 5.41) is 9.15. The largest absolute Gasteiger partial charge is 0.491 e. The highest BCUT2D eigenvalue weighted by molar-refractivity contribution is 5.65. The summed E-state index contributed by atoms with van der Waals surface area (Å²) in [5.41, 5.74) is 2.19. The van der Waals surface area contributed by atoms with Crippen LogP contribution in [0.4, 0.5) is 17.6 Å². The predicted molar refractivity (Wildman–Crippen MR) is 128 cm³/mol. The Bertz CT molecular complexity index is 1150. The lowest BCUT2D eigenvalue weighted by atomic mass is 9.76. The Hall–Kier alpha value is -2.86. The molecule has 1 N–H and O–H groups in total. The van der Waals surface area contributed by atoms with Crippen LogP contribution in [0.25, 0.3) is 11.1 Å². The quantitative estimate of drug-likeness (QED) is 0.331. The van der Waals surface area contributed by atoms with Crippen molar-refractivity contribution in [2.24, 2.45) is 5.92 Å². The van der Waals surface area contributed by atoms with E-state index in [4.69, 9.17) is 9.84 Å². The number of benzene rings is 3. The van der Waals surface area contributed by atoms with Crippen LogP contribution >= 0.6 is 0 Å². The summed E-state index contributed by atoms with van der Waals surface area (Å²) in [6.07, 6.45) is 4.27. The third-order valence-corrected chi connectivity index (χ3v) is 7.09. The van der Waals surface area contributed by atoms with E-state index in [1.54, 1.807) is 49.4 Å². The van der Waals surface area contributed by atoms with Crippen molar-refractivity contribution in [2.45, 2.75) is 58.0 Å². The van der Waals surface area contributed by atoms with E-state index in [0.717, 1.165) is 25.7 Å². The zero-order valence-electron chi connectivity index (χ0n) is 19.8. The molecule has 3 aromatic rings. The molecule has 2 nitrogen and oxygen atoms in total. The molecule has 0 unspecified atom stereocenters. The van der Waals surface area contributed by atoms with Crippen molar-refractivity contribution in [1.82, 2.24) is 0 Å². The molecule has 0 aromatic heterocycles. The summed E-state index contributed by atoms with van der Waals surface area (Å²) in [6, 6.07) is 13.0. The molecule has 1 fully saturated rings. The van der Waals surface area contributed by atoms with Crippen LogP contribution in [0.15, 0.2) is 48.5 Å². The number of aryl methyl sites for hydroxylation is 1. The minimum absolute atomic E-state index is 0.0536. The fourth-order valence-electron chi connectivity index (χ4n) is 5.05. The smallest absolute Gasteiger partial charge is 0.200 e. The average Bonchev–Trinajstić information content (AvgIpc) is 2.88. The lowest BCUT2D eigenvalue weighted by Gasteiger charge is -2.29. The molecule has 0 amide bonds. The summed E-state index contributed by atoms with van der Waals surface area (Å²) in [4.78, 5) is 0.